The number of nitrogens with one attached hydrogen (secondary N) is 3. The van der Waals surface area contributed by atoms with E-state index < -0.39 is 12.5 Å². The topological polar surface area (TPSA) is 155 Å². The standard InChI is InChI=1S/C18H27FN6O4S/c1-10(20)14(30)17(27)25-6-7-29-9-13(25)8-22-16(26)12-4-2-11(3-5-12)15(21)23-18(28)24-19/h2-5,13,15,18,23-24,28,30H,6-9,20-21H2,1H3,(H,22,26)/b14-10-. The number of nitrogens with two attached hydrogens (primary N) is 2. The molecule has 0 bridgehead atoms. The van der Waals surface area contributed by atoms with Gasteiger partial charge in [-0.25, -0.2) is 0 Å². The SMILES string of the molecule is C/C(N)=C(/S)C(=O)N1CCOCC1CNC(=O)c1ccc(C(N)NC(O)NF)cc1. The second kappa shape index (κ2) is 11.2. The Hall–Kier alpha value is -2.22. The summed E-state index contributed by atoms with van der Waals surface area (Å²) in [4.78, 5) is 26.8. The zero-order valence-electron chi connectivity index (χ0n) is 16.5. The Labute approximate surface area is 179 Å². The van der Waals surface area contributed by atoms with Crippen LogP contribution in [-0.4, -0.2) is 60.5 Å². The van der Waals surface area contributed by atoms with Gasteiger partial charge < -0.3 is 31.5 Å². The van der Waals surface area contributed by atoms with Crippen LogP contribution in [0, 0.1) is 0 Å². The second-order valence-electron chi connectivity index (χ2n) is 6.75. The normalized spacial score (nSPS) is 19.6. The van der Waals surface area contributed by atoms with Crippen molar-refractivity contribution in [2.24, 2.45) is 11.5 Å². The Morgan fingerprint density at radius 3 is 2.67 bits per heavy atom. The first kappa shape index (κ1) is 24.1. The van der Waals surface area contributed by atoms with E-state index in [1.807, 2.05) is 0 Å². The molecule has 8 N–H and O–H groups in total. The van der Waals surface area contributed by atoms with E-state index in [1.54, 1.807) is 36.1 Å². The lowest BCUT2D eigenvalue weighted by atomic mass is 10.1. The molecular formula is C18H27FN6O4S. The van der Waals surface area contributed by atoms with Crippen molar-refractivity contribution in [3.05, 3.63) is 46.0 Å². The molecule has 1 aromatic rings. The summed E-state index contributed by atoms with van der Waals surface area (Å²) in [7, 11) is 0. The van der Waals surface area contributed by atoms with Crippen molar-refractivity contribution in [3.8, 4) is 0 Å². The van der Waals surface area contributed by atoms with Gasteiger partial charge in [-0.1, -0.05) is 12.1 Å². The summed E-state index contributed by atoms with van der Waals surface area (Å²) in [5, 5.41) is 14.3. The number of hydrogen-bond acceptors (Lipinski definition) is 9. The van der Waals surface area contributed by atoms with E-state index in [9.17, 15) is 14.1 Å². The number of benzene rings is 1. The van der Waals surface area contributed by atoms with Crippen LogP contribution in [0.25, 0.3) is 0 Å². The largest absolute Gasteiger partial charge is 0.401 e. The zero-order valence-corrected chi connectivity index (χ0v) is 17.4. The van der Waals surface area contributed by atoms with E-state index in [1.165, 1.54) is 0 Å². The van der Waals surface area contributed by atoms with E-state index in [-0.39, 0.29) is 35.9 Å². The number of morpholine rings is 1. The molecule has 1 aliphatic rings. The Balaban J connectivity index is 1.97. The number of aliphatic hydroxyl groups excluding tert-OH is 1. The summed E-state index contributed by atoms with van der Waals surface area (Å²) in [5.41, 5.74) is 13.8. The summed E-state index contributed by atoms with van der Waals surface area (Å²) >= 11 is 4.17. The van der Waals surface area contributed by atoms with Gasteiger partial charge in [0.25, 0.3) is 11.8 Å². The van der Waals surface area contributed by atoms with Gasteiger partial charge >= 0.3 is 0 Å². The molecule has 0 spiro atoms. The molecular weight excluding hydrogens is 415 g/mol. The highest BCUT2D eigenvalue weighted by atomic mass is 32.1. The number of amides is 2. The van der Waals surface area contributed by atoms with Gasteiger partial charge in [-0.05, 0) is 24.6 Å². The molecule has 0 aromatic heterocycles. The number of nitrogens with zero attached hydrogens (tertiary/aromatic N) is 1. The maximum atomic E-state index is 12.5. The number of hydrogen-bond donors (Lipinski definition) is 7. The van der Waals surface area contributed by atoms with Crippen LogP contribution in [0.3, 0.4) is 0 Å². The van der Waals surface area contributed by atoms with Gasteiger partial charge in [-0.15, -0.1) is 22.6 Å². The van der Waals surface area contributed by atoms with Crippen molar-refractivity contribution in [2.75, 3.05) is 26.3 Å². The fourth-order valence-electron chi connectivity index (χ4n) is 2.85. The van der Waals surface area contributed by atoms with Gasteiger partial charge in [0, 0.05) is 24.4 Å². The van der Waals surface area contributed by atoms with Crippen LogP contribution in [0.4, 0.5) is 4.48 Å². The number of rotatable bonds is 8. The van der Waals surface area contributed by atoms with E-state index in [0.29, 0.717) is 30.0 Å². The van der Waals surface area contributed by atoms with Crippen molar-refractivity contribution in [1.29, 1.82) is 0 Å². The van der Waals surface area contributed by atoms with Crippen LogP contribution in [0.2, 0.25) is 0 Å². The van der Waals surface area contributed by atoms with E-state index in [2.05, 4.69) is 23.3 Å². The summed E-state index contributed by atoms with van der Waals surface area (Å²) in [6.07, 6.45) is -2.45. The number of carbonyl (C=O) groups excluding carboxylic acids is 2. The lowest BCUT2D eigenvalue weighted by Crippen LogP contribution is -2.53. The minimum Gasteiger partial charge on any atom is -0.401 e. The maximum absolute atomic E-state index is 12.5. The molecule has 1 saturated heterocycles. The summed E-state index contributed by atoms with van der Waals surface area (Å²) in [5.74, 6) is -0.653. The van der Waals surface area contributed by atoms with Gasteiger partial charge in [0.15, 0.2) is 6.35 Å². The van der Waals surface area contributed by atoms with E-state index in [4.69, 9.17) is 21.3 Å². The molecule has 0 aliphatic carbocycles. The summed E-state index contributed by atoms with van der Waals surface area (Å²) in [6.45, 7) is 2.82. The predicted octanol–water partition coefficient (Wildman–Crippen LogP) is -0.939. The molecule has 166 valence electrons. The molecule has 0 saturated carbocycles. The van der Waals surface area contributed by atoms with Crippen LogP contribution < -0.4 is 27.6 Å². The molecule has 3 unspecified atom stereocenters. The quantitative estimate of drug-likeness (QED) is 0.118. The molecule has 0 radical (unpaired) electrons. The average Bonchev–Trinajstić information content (AvgIpc) is 2.76. The monoisotopic (exact) mass is 442 g/mol. The van der Waals surface area contributed by atoms with Crippen molar-refractivity contribution in [3.63, 3.8) is 0 Å². The van der Waals surface area contributed by atoms with Crippen molar-refractivity contribution in [1.82, 2.24) is 21.1 Å². The molecule has 2 amide bonds. The van der Waals surface area contributed by atoms with Crippen LogP contribution in [0.15, 0.2) is 34.9 Å². The van der Waals surface area contributed by atoms with E-state index in [0.717, 1.165) is 5.54 Å². The van der Waals surface area contributed by atoms with Gasteiger partial charge in [-0.3, -0.25) is 14.9 Å². The van der Waals surface area contributed by atoms with Gasteiger partial charge in [0.2, 0.25) is 0 Å². The number of carbonyl (C=O) groups is 2. The smallest absolute Gasteiger partial charge is 0.262 e. The third kappa shape index (κ3) is 6.39. The molecule has 1 fully saturated rings. The van der Waals surface area contributed by atoms with Gasteiger partial charge in [0.1, 0.15) is 0 Å². The minimum atomic E-state index is -1.61. The first-order valence-corrected chi connectivity index (χ1v) is 9.67. The second-order valence-corrected chi connectivity index (χ2v) is 7.19. The Morgan fingerprint density at radius 1 is 1.40 bits per heavy atom. The van der Waals surface area contributed by atoms with Crippen LogP contribution >= 0.6 is 12.6 Å². The molecule has 10 nitrogen and oxygen atoms in total. The Bertz CT molecular complexity index is 774. The molecule has 1 heterocycles. The summed E-state index contributed by atoms with van der Waals surface area (Å²) < 4.78 is 17.5. The van der Waals surface area contributed by atoms with Crippen LogP contribution in [-0.2, 0) is 9.53 Å². The molecule has 1 aliphatic heterocycles. The number of thiol groups is 1. The van der Waals surface area contributed by atoms with Crippen LogP contribution in [0.1, 0.15) is 29.0 Å². The first-order chi connectivity index (χ1) is 14.2. The highest BCUT2D eigenvalue weighted by molar-refractivity contribution is 7.85. The molecule has 12 heteroatoms. The molecule has 1 aromatic carbocycles. The Morgan fingerprint density at radius 2 is 2.07 bits per heavy atom. The number of halogens is 1. The lowest BCUT2D eigenvalue weighted by molar-refractivity contribution is -0.134. The molecule has 3 atom stereocenters. The van der Waals surface area contributed by atoms with Gasteiger partial charge in [-0.2, -0.15) is 0 Å². The Kier molecular flexibility index (Phi) is 9.02. The summed E-state index contributed by atoms with van der Waals surface area (Å²) in [6, 6.07) is 5.91. The van der Waals surface area contributed by atoms with Crippen molar-refractivity contribution >= 4 is 24.4 Å². The van der Waals surface area contributed by atoms with E-state index >= 15 is 0 Å². The zero-order chi connectivity index (χ0) is 22.3. The fraction of sp³-hybridized carbons (Fsp3) is 0.444. The fourth-order valence-corrected chi connectivity index (χ4v) is 2.98. The lowest BCUT2D eigenvalue weighted by Gasteiger charge is -2.35. The van der Waals surface area contributed by atoms with Crippen LogP contribution in [0.5, 0.6) is 0 Å². The number of aliphatic hydroxyl groups is 1. The van der Waals surface area contributed by atoms with Gasteiger partial charge in [0.05, 0.1) is 30.3 Å². The highest BCUT2D eigenvalue weighted by Crippen LogP contribution is 2.15. The van der Waals surface area contributed by atoms with Crippen molar-refractivity contribution < 1.29 is 23.9 Å². The van der Waals surface area contributed by atoms with Crippen molar-refractivity contribution in [2.45, 2.75) is 25.5 Å². The third-order valence-corrected chi connectivity index (χ3v) is 5.08. The first-order valence-electron chi connectivity index (χ1n) is 9.22. The minimum absolute atomic E-state index is 0.168. The molecule has 2 rings (SSSR count). The predicted molar refractivity (Wildman–Crippen MR) is 111 cm³/mol. The third-order valence-electron chi connectivity index (χ3n) is 4.54. The highest BCUT2D eigenvalue weighted by Gasteiger charge is 2.29. The number of allylic oxidation sites excluding steroid dienone is 1. The molecule has 30 heavy (non-hydrogen) atoms. The maximum Gasteiger partial charge on any atom is 0.262 e. The number of ether oxygens (including phenoxy) is 1. The average molecular weight is 443 g/mol.